The highest BCUT2D eigenvalue weighted by atomic mass is 16.2. The third-order valence-electron chi connectivity index (χ3n) is 5.27. The molecule has 1 fully saturated rings. The molecule has 1 aliphatic heterocycles. The summed E-state index contributed by atoms with van der Waals surface area (Å²) in [5.41, 5.74) is 6.93. The molecule has 0 aromatic heterocycles. The molecule has 2 amide bonds. The number of nitrogens with one attached hydrogen (secondary N) is 2. The van der Waals surface area contributed by atoms with E-state index < -0.39 is 11.6 Å². The Balaban J connectivity index is 1.96. The van der Waals surface area contributed by atoms with Gasteiger partial charge in [-0.05, 0) is 43.7 Å². The summed E-state index contributed by atoms with van der Waals surface area (Å²) >= 11 is 0. The fourth-order valence-corrected chi connectivity index (χ4v) is 3.71. The molecule has 0 bridgehead atoms. The summed E-state index contributed by atoms with van der Waals surface area (Å²) in [5.74, 6) is -0.379. The minimum Gasteiger partial charge on any atom is -0.347 e. The van der Waals surface area contributed by atoms with Crippen molar-refractivity contribution in [2.75, 3.05) is 0 Å². The summed E-state index contributed by atoms with van der Waals surface area (Å²) in [7, 11) is 0. The van der Waals surface area contributed by atoms with Crippen LogP contribution >= 0.6 is 0 Å². The number of hydrogen-bond acceptors (Lipinski definition) is 3. The molecule has 0 unspecified atom stereocenters. The summed E-state index contributed by atoms with van der Waals surface area (Å²) in [6.07, 6.45) is 1.29. The van der Waals surface area contributed by atoms with Crippen LogP contribution in [0.4, 0.5) is 0 Å². The van der Waals surface area contributed by atoms with E-state index in [1.54, 1.807) is 13.8 Å². The maximum atomic E-state index is 13.1. The number of amides is 2. The third kappa shape index (κ3) is 4.37. The molecular weight excluding hydrogens is 338 g/mol. The summed E-state index contributed by atoms with van der Waals surface area (Å²) in [6.45, 7) is 3.40. The van der Waals surface area contributed by atoms with Crippen LogP contribution in [0.5, 0.6) is 0 Å². The van der Waals surface area contributed by atoms with Crippen LogP contribution in [0.1, 0.15) is 49.8 Å². The number of benzene rings is 2. The van der Waals surface area contributed by atoms with E-state index in [1.807, 2.05) is 48.5 Å². The fourth-order valence-electron chi connectivity index (χ4n) is 3.71. The standard InChI is InChI=1S/C22H27N3O2/c1-15(23)20(26)25-22(2)14-18(16-9-5-3-6-10-16)13-19(24-21(22)27)17-11-7-4-8-12-17/h3-12,15,18-19H,13-14,23H2,1-2H3,(H,24,27)(H,25,26)/t15-,18+,19-,22-/m0/s1. The minimum atomic E-state index is -1.02. The van der Waals surface area contributed by atoms with E-state index in [0.29, 0.717) is 6.42 Å². The Bertz CT molecular complexity index is 792. The van der Waals surface area contributed by atoms with Gasteiger partial charge in [0.25, 0.3) is 0 Å². The van der Waals surface area contributed by atoms with Crippen molar-refractivity contribution in [2.24, 2.45) is 5.73 Å². The molecule has 2 aromatic carbocycles. The molecule has 5 heteroatoms. The second-order valence-corrected chi connectivity index (χ2v) is 7.59. The first-order valence-electron chi connectivity index (χ1n) is 9.37. The van der Waals surface area contributed by atoms with E-state index in [4.69, 9.17) is 5.73 Å². The Hall–Kier alpha value is -2.66. The number of rotatable bonds is 4. The van der Waals surface area contributed by atoms with Crippen molar-refractivity contribution in [3.63, 3.8) is 0 Å². The Morgan fingerprint density at radius 3 is 2.22 bits per heavy atom. The lowest BCUT2D eigenvalue weighted by Gasteiger charge is -2.31. The molecule has 0 aliphatic carbocycles. The molecule has 5 nitrogen and oxygen atoms in total. The van der Waals surface area contributed by atoms with E-state index in [0.717, 1.165) is 17.5 Å². The zero-order valence-corrected chi connectivity index (χ0v) is 15.8. The maximum Gasteiger partial charge on any atom is 0.245 e. The Morgan fingerprint density at radius 2 is 1.67 bits per heavy atom. The van der Waals surface area contributed by atoms with Crippen LogP contribution in [0.15, 0.2) is 60.7 Å². The molecule has 27 heavy (non-hydrogen) atoms. The smallest absolute Gasteiger partial charge is 0.245 e. The van der Waals surface area contributed by atoms with E-state index in [1.165, 1.54) is 0 Å². The zero-order valence-electron chi connectivity index (χ0n) is 15.8. The van der Waals surface area contributed by atoms with Gasteiger partial charge in [-0.15, -0.1) is 0 Å². The van der Waals surface area contributed by atoms with Crippen molar-refractivity contribution < 1.29 is 9.59 Å². The number of carbonyl (C=O) groups is 2. The highest BCUT2D eigenvalue weighted by Crippen LogP contribution is 2.37. The van der Waals surface area contributed by atoms with Gasteiger partial charge in [0, 0.05) is 0 Å². The Kier molecular flexibility index (Phi) is 5.61. The van der Waals surface area contributed by atoms with Crippen molar-refractivity contribution in [1.29, 1.82) is 0 Å². The SMILES string of the molecule is C[C@H](N)C(=O)N[C@@]1(C)C[C@H](c2ccccc2)C[C@@H](c2ccccc2)NC1=O. The average molecular weight is 365 g/mol. The van der Waals surface area contributed by atoms with Gasteiger partial charge >= 0.3 is 0 Å². The summed E-state index contributed by atoms with van der Waals surface area (Å²) in [5, 5.41) is 6.02. The Labute approximate surface area is 160 Å². The second-order valence-electron chi connectivity index (χ2n) is 7.59. The molecular formula is C22H27N3O2. The van der Waals surface area contributed by atoms with Gasteiger partial charge < -0.3 is 16.4 Å². The van der Waals surface area contributed by atoms with Crippen LogP contribution in [-0.4, -0.2) is 23.4 Å². The molecule has 3 rings (SSSR count). The van der Waals surface area contributed by atoms with Crippen LogP contribution in [-0.2, 0) is 9.59 Å². The third-order valence-corrected chi connectivity index (χ3v) is 5.27. The van der Waals surface area contributed by atoms with Crippen molar-refractivity contribution >= 4 is 11.8 Å². The van der Waals surface area contributed by atoms with Gasteiger partial charge in [-0.1, -0.05) is 60.7 Å². The molecule has 0 saturated carbocycles. The Morgan fingerprint density at radius 1 is 1.11 bits per heavy atom. The zero-order chi connectivity index (χ0) is 19.4. The predicted octanol–water partition coefficient (Wildman–Crippen LogP) is 2.64. The first-order chi connectivity index (χ1) is 12.9. The van der Waals surface area contributed by atoms with E-state index >= 15 is 0 Å². The number of hydrogen-bond donors (Lipinski definition) is 3. The van der Waals surface area contributed by atoms with E-state index in [-0.39, 0.29) is 23.8 Å². The lowest BCUT2D eigenvalue weighted by Crippen LogP contribution is -2.59. The number of carbonyl (C=O) groups excluding carboxylic acids is 2. The van der Waals surface area contributed by atoms with Crippen LogP contribution in [0, 0.1) is 0 Å². The molecule has 0 spiro atoms. The summed E-state index contributed by atoms with van der Waals surface area (Å²) in [4.78, 5) is 25.3. The van der Waals surface area contributed by atoms with Gasteiger partial charge in [0.15, 0.2) is 0 Å². The lowest BCUT2D eigenvalue weighted by molar-refractivity contribution is -0.133. The summed E-state index contributed by atoms with van der Waals surface area (Å²) < 4.78 is 0. The van der Waals surface area contributed by atoms with Crippen molar-refractivity contribution in [2.45, 2.75) is 50.2 Å². The normalized spacial score (nSPS) is 26.6. The first kappa shape index (κ1) is 19.1. The van der Waals surface area contributed by atoms with Crippen LogP contribution in [0.2, 0.25) is 0 Å². The highest BCUT2D eigenvalue weighted by Gasteiger charge is 2.42. The van der Waals surface area contributed by atoms with Gasteiger partial charge in [0.1, 0.15) is 5.54 Å². The molecule has 4 atom stereocenters. The van der Waals surface area contributed by atoms with Crippen molar-refractivity contribution in [1.82, 2.24) is 10.6 Å². The monoisotopic (exact) mass is 365 g/mol. The largest absolute Gasteiger partial charge is 0.347 e. The fraction of sp³-hybridized carbons (Fsp3) is 0.364. The van der Waals surface area contributed by atoms with Gasteiger partial charge in [0.2, 0.25) is 11.8 Å². The molecule has 142 valence electrons. The molecule has 2 aromatic rings. The number of nitrogens with two attached hydrogens (primary N) is 1. The van der Waals surface area contributed by atoms with Crippen molar-refractivity contribution in [3.8, 4) is 0 Å². The van der Waals surface area contributed by atoms with Crippen LogP contribution in [0.25, 0.3) is 0 Å². The second kappa shape index (κ2) is 7.92. The average Bonchev–Trinajstić information content (AvgIpc) is 2.80. The van der Waals surface area contributed by atoms with Crippen molar-refractivity contribution in [3.05, 3.63) is 71.8 Å². The van der Waals surface area contributed by atoms with E-state index in [2.05, 4.69) is 22.8 Å². The van der Waals surface area contributed by atoms with Gasteiger partial charge in [-0.3, -0.25) is 9.59 Å². The molecule has 1 heterocycles. The quantitative estimate of drug-likeness (QED) is 0.779. The van der Waals surface area contributed by atoms with Crippen LogP contribution in [0.3, 0.4) is 0 Å². The molecule has 0 radical (unpaired) electrons. The highest BCUT2D eigenvalue weighted by molar-refractivity contribution is 5.93. The minimum absolute atomic E-state index is 0.113. The predicted molar refractivity (Wildman–Crippen MR) is 106 cm³/mol. The molecule has 1 saturated heterocycles. The molecule has 4 N–H and O–H groups in total. The first-order valence-corrected chi connectivity index (χ1v) is 9.37. The van der Waals surface area contributed by atoms with Gasteiger partial charge in [-0.25, -0.2) is 0 Å². The van der Waals surface area contributed by atoms with Gasteiger partial charge in [0.05, 0.1) is 12.1 Å². The van der Waals surface area contributed by atoms with Crippen LogP contribution < -0.4 is 16.4 Å². The van der Waals surface area contributed by atoms with Gasteiger partial charge in [-0.2, -0.15) is 0 Å². The lowest BCUT2D eigenvalue weighted by atomic mass is 9.82. The maximum absolute atomic E-state index is 13.1. The van der Waals surface area contributed by atoms with E-state index in [9.17, 15) is 9.59 Å². The topological polar surface area (TPSA) is 84.2 Å². The molecule has 1 aliphatic rings. The summed E-state index contributed by atoms with van der Waals surface area (Å²) in [6, 6.07) is 19.3.